The van der Waals surface area contributed by atoms with Crippen LogP contribution in [0.5, 0.6) is 0 Å². The van der Waals surface area contributed by atoms with E-state index in [0.29, 0.717) is 11.0 Å². The molecule has 1 heterocycles. The molecule has 1 aromatic heterocycles. The van der Waals surface area contributed by atoms with Crippen molar-refractivity contribution in [3.8, 4) is 0 Å². The van der Waals surface area contributed by atoms with Crippen molar-refractivity contribution in [1.82, 2.24) is 4.98 Å². The van der Waals surface area contributed by atoms with E-state index in [-0.39, 0.29) is 5.78 Å². The second kappa shape index (κ2) is 10.6. The average molecular weight is 353 g/mol. The number of rotatable bonds is 3. The van der Waals surface area contributed by atoms with Crippen molar-refractivity contribution in [2.24, 2.45) is 10.4 Å². The lowest BCUT2D eigenvalue weighted by molar-refractivity contribution is 0.101. The number of hydrogen-bond acceptors (Lipinski definition) is 3. The molecule has 1 saturated carbocycles. The second-order valence-electron chi connectivity index (χ2n) is 6.98. The van der Waals surface area contributed by atoms with Gasteiger partial charge in [0.2, 0.25) is 0 Å². The molecule has 140 valence electrons. The van der Waals surface area contributed by atoms with E-state index < -0.39 is 0 Å². The Kier molecular flexibility index (Phi) is 8.91. The minimum atomic E-state index is 0.0377. The number of ketones is 1. The van der Waals surface area contributed by atoms with Gasteiger partial charge < -0.3 is 4.99 Å². The monoisotopic (exact) mass is 352 g/mol. The average Bonchev–Trinajstić information content (AvgIpc) is 3.42. The van der Waals surface area contributed by atoms with Crippen LogP contribution in [0.3, 0.4) is 0 Å². The Morgan fingerprint density at radius 3 is 2.27 bits per heavy atom. The molecule has 0 saturated heterocycles. The fraction of sp³-hybridized carbons (Fsp3) is 0.435. The summed E-state index contributed by atoms with van der Waals surface area (Å²) in [5.74, 6) is 0.0377. The highest BCUT2D eigenvalue weighted by molar-refractivity contribution is 5.93. The summed E-state index contributed by atoms with van der Waals surface area (Å²) in [5, 5.41) is 0. The third-order valence-electron chi connectivity index (χ3n) is 4.56. The predicted molar refractivity (Wildman–Crippen MR) is 113 cm³/mol. The van der Waals surface area contributed by atoms with Crippen molar-refractivity contribution >= 4 is 17.6 Å². The van der Waals surface area contributed by atoms with Gasteiger partial charge in [-0.15, -0.1) is 0 Å². The molecule has 0 atom stereocenters. The molecule has 0 aromatic carbocycles. The highest BCUT2D eigenvalue weighted by Gasteiger charge is 2.39. The Labute approximate surface area is 158 Å². The number of pyridine rings is 1. The molecular formula is C23H32N2O. The number of Topliss-reactive ketones (excluding diaryl/α,β-unsaturated/α-hetero) is 1. The van der Waals surface area contributed by atoms with Crippen molar-refractivity contribution in [3.63, 3.8) is 0 Å². The summed E-state index contributed by atoms with van der Waals surface area (Å²) in [6.45, 7) is 11.4. The number of carbonyl (C=O) groups is 1. The van der Waals surface area contributed by atoms with Crippen LogP contribution in [0.1, 0.15) is 69.4 Å². The first-order valence-electron chi connectivity index (χ1n) is 9.21. The molecular weight excluding hydrogens is 320 g/mol. The zero-order valence-corrected chi connectivity index (χ0v) is 16.9. The second-order valence-corrected chi connectivity index (χ2v) is 6.98. The van der Waals surface area contributed by atoms with Gasteiger partial charge in [0.05, 0.1) is 5.69 Å². The maximum Gasteiger partial charge on any atom is 0.161 e. The van der Waals surface area contributed by atoms with Crippen molar-refractivity contribution in [2.75, 3.05) is 7.05 Å². The topological polar surface area (TPSA) is 42.3 Å². The fourth-order valence-corrected chi connectivity index (χ4v) is 2.39. The molecule has 0 unspecified atom stereocenters. The van der Waals surface area contributed by atoms with Gasteiger partial charge >= 0.3 is 0 Å². The summed E-state index contributed by atoms with van der Waals surface area (Å²) in [7, 11) is 1.75. The normalized spacial score (nSPS) is 16.6. The van der Waals surface area contributed by atoms with E-state index >= 15 is 0 Å². The Morgan fingerprint density at radius 2 is 1.92 bits per heavy atom. The third kappa shape index (κ3) is 7.30. The molecule has 1 aromatic rings. The quantitative estimate of drug-likeness (QED) is 0.488. The molecule has 3 nitrogen and oxygen atoms in total. The molecule has 0 radical (unpaired) electrons. The van der Waals surface area contributed by atoms with E-state index in [1.165, 1.54) is 32.6 Å². The Morgan fingerprint density at radius 1 is 1.27 bits per heavy atom. The highest BCUT2D eigenvalue weighted by atomic mass is 16.1. The van der Waals surface area contributed by atoms with Crippen LogP contribution in [0, 0.1) is 5.41 Å². The van der Waals surface area contributed by atoms with Gasteiger partial charge in [-0.25, -0.2) is 0 Å². The fourth-order valence-electron chi connectivity index (χ4n) is 2.39. The smallest absolute Gasteiger partial charge is 0.161 e. The van der Waals surface area contributed by atoms with Crippen LogP contribution in [0.2, 0.25) is 0 Å². The molecule has 0 amide bonds. The first-order chi connectivity index (χ1) is 12.3. The first kappa shape index (κ1) is 21.8. The number of carbonyl (C=O) groups excluding carboxylic acids is 1. The molecule has 26 heavy (non-hydrogen) atoms. The van der Waals surface area contributed by atoms with Crippen molar-refractivity contribution < 1.29 is 4.79 Å². The van der Waals surface area contributed by atoms with Crippen LogP contribution in [0.4, 0.5) is 0 Å². The van der Waals surface area contributed by atoms with Gasteiger partial charge in [0, 0.05) is 18.8 Å². The van der Waals surface area contributed by atoms with Crippen LogP contribution in [-0.4, -0.2) is 24.0 Å². The predicted octanol–water partition coefficient (Wildman–Crippen LogP) is 6.09. The maximum absolute atomic E-state index is 10.9. The summed E-state index contributed by atoms with van der Waals surface area (Å²) < 4.78 is 0. The van der Waals surface area contributed by atoms with Gasteiger partial charge in [-0.2, -0.15) is 0 Å². The highest BCUT2D eigenvalue weighted by Crippen LogP contribution is 2.52. The minimum Gasteiger partial charge on any atom is -0.301 e. The van der Waals surface area contributed by atoms with Gasteiger partial charge in [0.1, 0.15) is 0 Å². The van der Waals surface area contributed by atoms with E-state index in [1.54, 1.807) is 37.2 Å². The summed E-state index contributed by atoms with van der Waals surface area (Å²) >= 11 is 0. The van der Waals surface area contributed by atoms with Crippen LogP contribution in [0.25, 0.3) is 5.57 Å². The number of nitrogens with zero attached hydrogens (tertiary/aromatic N) is 2. The van der Waals surface area contributed by atoms with Gasteiger partial charge in [0.25, 0.3) is 0 Å². The Hall–Kier alpha value is -2.29. The van der Waals surface area contributed by atoms with E-state index in [0.717, 1.165) is 11.3 Å². The van der Waals surface area contributed by atoms with Crippen LogP contribution in [0.15, 0.2) is 53.7 Å². The summed E-state index contributed by atoms with van der Waals surface area (Å²) in [5.41, 5.74) is 4.57. The molecule has 1 fully saturated rings. The van der Waals surface area contributed by atoms with Crippen molar-refractivity contribution in [1.29, 1.82) is 0 Å². The van der Waals surface area contributed by atoms with Crippen LogP contribution in [-0.2, 0) is 0 Å². The summed E-state index contributed by atoms with van der Waals surface area (Å²) in [6.07, 6.45) is 15.7. The molecule has 3 rings (SSSR count). The number of hydrogen-bond donors (Lipinski definition) is 0. The lowest BCUT2D eigenvalue weighted by atomic mass is 9.93. The zero-order valence-electron chi connectivity index (χ0n) is 16.9. The summed E-state index contributed by atoms with van der Waals surface area (Å²) in [4.78, 5) is 18.6. The van der Waals surface area contributed by atoms with E-state index in [9.17, 15) is 4.79 Å². The Balaban J connectivity index is 0.000000219. The summed E-state index contributed by atoms with van der Waals surface area (Å²) in [6, 6.07) is 3.57. The lowest BCUT2D eigenvalue weighted by Crippen LogP contribution is -1.97. The zero-order chi connectivity index (χ0) is 19.6. The standard InChI is InChI=1S/C10H11NO.C10H14.C3H7N/c1-7(2)10-5-4-9(6-11-10)8(3)12;1-10(7-8-10)9-5-3-2-4-6-9;1-3-4-2/h4-6H,1H2,2-3H3;3,5-6H,2,4,7-8H2,1H3;3H,1-2H3. The SMILES string of the molecule is C=C(C)c1ccc(C(C)=O)cn1.CC1(C2=CCCC=C2)CC1.CC=NC. The first-order valence-corrected chi connectivity index (χ1v) is 9.21. The molecule has 0 N–H and O–H groups in total. The van der Waals surface area contributed by atoms with Crippen LogP contribution >= 0.6 is 0 Å². The molecule has 2 aliphatic rings. The van der Waals surface area contributed by atoms with Gasteiger partial charge in [-0.1, -0.05) is 31.7 Å². The number of aromatic nitrogens is 1. The molecule has 0 spiro atoms. The Bertz CT molecular complexity index is 652. The van der Waals surface area contributed by atoms with E-state index in [1.807, 2.05) is 13.8 Å². The van der Waals surface area contributed by atoms with Gasteiger partial charge in [0.15, 0.2) is 5.78 Å². The third-order valence-corrected chi connectivity index (χ3v) is 4.56. The van der Waals surface area contributed by atoms with Gasteiger partial charge in [-0.05, 0) is 81.4 Å². The van der Waals surface area contributed by atoms with Gasteiger partial charge in [-0.3, -0.25) is 9.78 Å². The van der Waals surface area contributed by atoms with E-state index in [2.05, 4.69) is 41.7 Å². The lowest BCUT2D eigenvalue weighted by Gasteiger charge is -2.12. The van der Waals surface area contributed by atoms with Crippen LogP contribution < -0.4 is 0 Å². The van der Waals surface area contributed by atoms with Crippen molar-refractivity contribution in [2.45, 2.75) is 53.4 Å². The number of allylic oxidation sites excluding steroid dienone is 5. The van der Waals surface area contributed by atoms with Crippen molar-refractivity contribution in [3.05, 3.63) is 60.0 Å². The molecule has 3 heteroatoms. The molecule has 0 aliphatic heterocycles. The van der Waals surface area contributed by atoms with E-state index in [4.69, 9.17) is 0 Å². The molecule has 2 aliphatic carbocycles. The minimum absolute atomic E-state index is 0.0377. The maximum atomic E-state index is 10.9. The molecule has 0 bridgehead atoms. The number of aliphatic imine (C=N–C) groups is 1. The largest absolute Gasteiger partial charge is 0.301 e.